The number of phenols is 1. The van der Waals surface area contributed by atoms with Crippen LogP contribution in [0.25, 0.3) is 10.9 Å². The van der Waals surface area contributed by atoms with Crippen molar-refractivity contribution in [1.82, 2.24) is 15.5 Å². The van der Waals surface area contributed by atoms with Crippen LogP contribution in [-0.4, -0.2) is 39.5 Å². The fourth-order valence-electron chi connectivity index (χ4n) is 3.51. The maximum Gasteiger partial charge on any atom is 0.408 e. The number of alkyl carbamates (subject to hydrolysis) is 1. The molecule has 12 nitrogen and oxygen atoms in total. The molecule has 0 saturated carbocycles. The Labute approximate surface area is 210 Å². The van der Waals surface area contributed by atoms with Crippen LogP contribution in [0, 0.1) is 0 Å². The number of nitrogens with one attached hydrogen (secondary N) is 5. The zero-order valence-electron chi connectivity index (χ0n) is 20.4. The van der Waals surface area contributed by atoms with Crippen LogP contribution in [0.1, 0.15) is 26.3 Å². The van der Waals surface area contributed by atoms with E-state index in [0.717, 1.165) is 5.56 Å². The molecule has 37 heavy (non-hydrogen) atoms. The minimum absolute atomic E-state index is 0.0968. The Morgan fingerprint density at radius 2 is 1.81 bits per heavy atom. The number of aromatic nitrogens is 2. The highest BCUT2D eigenvalue weighted by molar-refractivity contribution is 6.02. The van der Waals surface area contributed by atoms with Gasteiger partial charge in [0, 0.05) is 17.6 Å². The molecule has 4 rings (SSSR count). The number of benzene rings is 2. The van der Waals surface area contributed by atoms with Crippen LogP contribution < -0.4 is 32.1 Å². The topological polar surface area (TPSA) is 175 Å². The predicted octanol–water partition coefficient (Wildman–Crippen LogP) is 2.68. The van der Waals surface area contributed by atoms with Gasteiger partial charge in [-0.3, -0.25) is 19.5 Å². The van der Waals surface area contributed by atoms with Gasteiger partial charge in [-0.15, -0.1) is 0 Å². The lowest BCUT2D eigenvalue weighted by Crippen LogP contribution is -2.37. The molecule has 2 amide bonds. The highest BCUT2D eigenvalue weighted by Crippen LogP contribution is 2.27. The quantitative estimate of drug-likeness (QED) is 0.196. The van der Waals surface area contributed by atoms with Gasteiger partial charge in [-0.05, 0) is 56.7 Å². The third-order valence-electron chi connectivity index (χ3n) is 5.17. The molecule has 0 aliphatic carbocycles. The molecule has 6 N–H and O–H groups in total. The number of carbonyl (C=O) groups is 2. The summed E-state index contributed by atoms with van der Waals surface area (Å²) >= 11 is 0. The number of rotatable bonds is 8. The number of H-pyrrole nitrogens is 1. The zero-order valence-corrected chi connectivity index (χ0v) is 20.4. The van der Waals surface area contributed by atoms with Crippen LogP contribution in [-0.2, 0) is 16.1 Å². The summed E-state index contributed by atoms with van der Waals surface area (Å²) in [6.45, 7) is 5.06. The summed E-state index contributed by atoms with van der Waals surface area (Å²) in [5.74, 6) is -0.194. The first-order valence-electron chi connectivity index (χ1n) is 11.4. The number of carbonyl (C=O) groups excluding carboxylic acids is 2. The Bertz CT molecular complexity index is 1540. The molecule has 0 bridgehead atoms. The molecule has 0 radical (unpaired) electrons. The number of ether oxygens (including phenoxy) is 1. The van der Waals surface area contributed by atoms with E-state index in [2.05, 4.69) is 31.5 Å². The van der Waals surface area contributed by atoms with Crippen molar-refractivity contribution in [2.45, 2.75) is 32.9 Å². The number of hydrogen-bond donors (Lipinski definition) is 6. The van der Waals surface area contributed by atoms with Crippen LogP contribution in [0.5, 0.6) is 5.75 Å². The lowest BCUT2D eigenvalue weighted by atomic mass is 10.1. The van der Waals surface area contributed by atoms with Gasteiger partial charge in [0.2, 0.25) is 5.91 Å². The van der Waals surface area contributed by atoms with Gasteiger partial charge in [0.05, 0.1) is 5.52 Å². The smallest absolute Gasteiger partial charge is 0.408 e. The monoisotopic (exact) mass is 506 g/mol. The van der Waals surface area contributed by atoms with E-state index in [9.17, 15) is 24.3 Å². The number of nitrogens with zero attached hydrogens (tertiary/aromatic N) is 1. The second-order valence-corrected chi connectivity index (χ2v) is 9.29. The van der Waals surface area contributed by atoms with E-state index in [4.69, 9.17) is 4.74 Å². The van der Waals surface area contributed by atoms with E-state index in [1.807, 2.05) is 0 Å². The van der Waals surface area contributed by atoms with Crippen LogP contribution >= 0.6 is 0 Å². The number of amides is 2. The Morgan fingerprint density at radius 3 is 2.54 bits per heavy atom. The Balaban J connectivity index is 1.43. The summed E-state index contributed by atoms with van der Waals surface area (Å²) in [6.07, 6.45) is -0.720. The molecule has 0 spiro atoms. The van der Waals surface area contributed by atoms with E-state index in [1.165, 1.54) is 6.07 Å². The number of anilines is 4. The van der Waals surface area contributed by atoms with Crippen molar-refractivity contribution >= 4 is 45.8 Å². The lowest BCUT2D eigenvalue weighted by molar-refractivity contribution is -0.115. The molecule has 3 aromatic carbocycles. The highest BCUT2D eigenvalue weighted by Gasteiger charge is 2.22. The molecular formula is C25H26N6O6. The molecule has 1 heterocycles. The summed E-state index contributed by atoms with van der Waals surface area (Å²) < 4.78 is 5.10. The van der Waals surface area contributed by atoms with Gasteiger partial charge in [0.15, 0.2) is 5.82 Å². The van der Waals surface area contributed by atoms with Gasteiger partial charge >= 0.3 is 6.09 Å². The largest absolute Gasteiger partial charge is 0.508 e. The molecule has 0 fully saturated rings. The maximum atomic E-state index is 12.3. The van der Waals surface area contributed by atoms with E-state index in [1.54, 1.807) is 57.2 Å². The first kappa shape index (κ1) is 25.2. The number of fused-ring (bicyclic) bond motifs is 1. The van der Waals surface area contributed by atoms with Crippen molar-refractivity contribution in [2.24, 2.45) is 0 Å². The average molecular weight is 507 g/mol. The van der Waals surface area contributed by atoms with Crippen molar-refractivity contribution in [3.05, 3.63) is 68.5 Å². The number of hydrogen-bond acceptors (Lipinski definition) is 9. The molecule has 0 saturated heterocycles. The van der Waals surface area contributed by atoms with E-state index in [-0.39, 0.29) is 36.0 Å². The highest BCUT2D eigenvalue weighted by atomic mass is 16.6. The Kier molecular flexibility index (Phi) is 6.83. The van der Waals surface area contributed by atoms with Crippen molar-refractivity contribution in [3.8, 4) is 5.75 Å². The maximum absolute atomic E-state index is 12.3. The van der Waals surface area contributed by atoms with Gasteiger partial charge in [0.1, 0.15) is 29.3 Å². The van der Waals surface area contributed by atoms with Crippen molar-refractivity contribution in [3.63, 3.8) is 0 Å². The van der Waals surface area contributed by atoms with Crippen molar-refractivity contribution < 1.29 is 19.4 Å². The minimum atomic E-state index is -0.720. The number of phenolic OH excluding ortho intramolecular Hbond substituents is 1. The van der Waals surface area contributed by atoms with Gasteiger partial charge in [0.25, 0.3) is 10.9 Å². The van der Waals surface area contributed by atoms with E-state index < -0.39 is 28.5 Å². The molecule has 0 aliphatic rings. The van der Waals surface area contributed by atoms with E-state index >= 15 is 0 Å². The summed E-state index contributed by atoms with van der Waals surface area (Å²) in [5, 5.41) is 27.9. The molecule has 192 valence electrons. The molecule has 0 aliphatic heterocycles. The van der Waals surface area contributed by atoms with Crippen LogP contribution in [0.4, 0.5) is 27.7 Å². The first-order valence-corrected chi connectivity index (χ1v) is 11.4. The zero-order chi connectivity index (χ0) is 26.7. The summed E-state index contributed by atoms with van der Waals surface area (Å²) in [6, 6.07) is 11.6. The first-order chi connectivity index (χ1) is 17.5. The molecule has 4 aromatic rings. The Morgan fingerprint density at radius 1 is 1.05 bits per heavy atom. The number of aromatic hydroxyl groups is 1. The van der Waals surface area contributed by atoms with Crippen molar-refractivity contribution in [2.75, 3.05) is 22.5 Å². The molecule has 0 unspecified atom stereocenters. The van der Waals surface area contributed by atoms with Crippen LogP contribution in [0.2, 0.25) is 0 Å². The standard InChI is InChI=1S/C25H26N6O6/c1-25(2,3)37-24(36)27-12-18(33)29-23-16-10-14(7-8-17(16)30-31-23)28-20-19(21(34)22(20)35)26-11-13-5-4-6-15(32)9-13/h4-10,26,28,32H,11-12H2,1-3H3,(H,27,36)(H2,29,30,31,33). The average Bonchev–Trinajstić information content (AvgIpc) is 3.22. The van der Waals surface area contributed by atoms with Crippen molar-refractivity contribution in [1.29, 1.82) is 0 Å². The second-order valence-electron chi connectivity index (χ2n) is 9.29. The predicted molar refractivity (Wildman–Crippen MR) is 139 cm³/mol. The SMILES string of the molecule is CC(C)(C)OC(=O)NCC(=O)Nc1n[nH]c2ccc(Nc3c(NCc4cccc(O)c4)c(=O)c3=O)cc12. The second kappa shape index (κ2) is 10.0. The third kappa shape index (κ3) is 6.04. The van der Waals surface area contributed by atoms with Crippen LogP contribution in [0.15, 0.2) is 52.1 Å². The van der Waals surface area contributed by atoms with Gasteiger partial charge in [-0.1, -0.05) is 12.1 Å². The number of aromatic amines is 1. The van der Waals surface area contributed by atoms with Gasteiger partial charge in [-0.25, -0.2) is 4.79 Å². The molecule has 1 aromatic heterocycles. The fraction of sp³-hybridized carbons (Fsp3) is 0.240. The Hall–Kier alpha value is -4.87. The molecule has 0 atom stereocenters. The minimum Gasteiger partial charge on any atom is -0.508 e. The lowest BCUT2D eigenvalue weighted by Gasteiger charge is -2.19. The van der Waals surface area contributed by atoms with E-state index in [0.29, 0.717) is 16.6 Å². The summed E-state index contributed by atoms with van der Waals surface area (Å²) in [4.78, 5) is 48.4. The normalized spacial score (nSPS) is 11.3. The molecular weight excluding hydrogens is 480 g/mol. The third-order valence-corrected chi connectivity index (χ3v) is 5.17. The van der Waals surface area contributed by atoms with Crippen LogP contribution in [0.3, 0.4) is 0 Å². The fourth-order valence-corrected chi connectivity index (χ4v) is 3.51. The summed E-state index contributed by atoms with van der Waals surface area (Å²) in [7, 11) is 0. The summed E-state index contributed by atoms with van der Waals surface area (Å²) in [5.41, 5.74) is 0.106. The van der Waals surface area contributed by atoms with Gasteiger partial charge in [-0.2, -0.15) is 5.10 Å². The molecule has 12 heteroatoms. The van der Waals surface area contributed by atoms with Gasteiger partial charge < -0.3 is 31.1 Å².